The van der Waals surface area contributed by atoms with Gasteiger partial charge in [0.2, 0.25) is 0 Å². The van der Waals surface area contributed by atoms with E-state index >= 15 is 0 Å². The molecule has 6 nitrogen and oxygen atoms in total. The topological polar surface area (TPSA) is 93.7 Å². The molecule has 1 unspecified atom stereocenters. The van der Waals surface area contributed by atoms with E-state index in [0.29, 0.717) is 17.3 Å². The Morgan fingerprint density at radius 2 is 2.05 bits per heavy atom. The normalized spacial score (nSPS) is 12.5. The van der Waals surface area contributed by atoms with Crippen LogP contribution < -0.4 is 5.32 Å². The Morgan fingerprint density at radius 3 is 2.73 bits per heavy atom. The molecule has 22 heavy (non-hydrogen) atoms. The lowest BCUT2D eigenvalue weighted by Crippen LogP contribution is -2.09. The number of aromatic nitrogens is 3. The van der Waals surface area contributed by atoms with Crippen molar-refractivity contribution in [3.63, 3.8) is 0 Å². The number of fused-ring (bicyclic) bond motifs is 1. The summed E-state index contributed by atoms with van der Waals surface area (Å²) in [5, 5.41) is 4.23. The first-order valence-electron chi connectivity index (χ1n) is 6.53. The quantitative estimate of drug-likeness (QED) is 0.552. The molecular weight excluding hydrogens is 324 g/mol. The third-order valence-electron chi connectivity index (χ3n) is 3.17. The van der Waals surface area contributed by atoms with E-state index in [1.807, 2.05) is 30.3 Å². The summed E-state index contributed by atoms with van der Waals surface area (Å²) in [5.74, 6) is 0.0843. The van der Waals surface area contributed by atoms with Crippen LogP contribution in [0.15, 0.2) is 36.7 Å². The van der Waals surface area contributed by atoms with Gasteiger partial charge in [-0.2, -0.15) is 0 Å². The van der Waals surface area contributed by atoms with Gasteiger partial charge in [0.05, 0.1) is 5.39 Å². The minimum atomic E-state index is -2.03. The highest BCUT2D eigenvalue weighted by Crippen LogP contribution is 2.27. The maximum Gasteiger partial charge on any atom is 0.142 e. The summed E-state index contributed by atoms with van der Waals surface area (Å²) in [6.07, 6.45) is 1.41. The van der Waals surface area contributed by atoms with E-state index in [1.165, 1.54) is 6.33 Å². The summed E-state index contributed by atoms with van der Waals surface area (Å²) in [6, 6.07) is 9.55. The highest BCUT2D eigenvalue weighted by Gasteiger charge is 2.07. The number of rotatable bonds is 5. The third-order valence-corrected chi connectivity index (χ3v) is 4.01. The molecule has 2 aromatic heterocycles. The van der Waals surface area contributed by atoms with Crippen molar-refractivity contribution in [2.75, 3.05) is 17.6 Å². The van der Waals surface area contributed by atoms with Crippen LogP contribution in [0.3, 0.4) is 0 Å². The molecule has 0 saturated heterocycles. The van der Waals surface area contributed by atoms with Crippen molar-refractivity contribution in [1.29, 1.82) is 0 Å². The predicted molar refractivity (Wildman–Crippen MR) is 86.6 cm³/mol. The van der Waals surface area contributed by atoms with E-state index in [0.717, 1.165) is 22.3 Å². The van der Waals surface area contributed by atoms with Gasteiger partial charge in [-0.1, -0.05) is 34.8 Å². The highest BCUT2D eigenvalue weighted by molar-refractivity contribution is 7.79. The van der Waals surface area contributed by atoms with Crippen LogP contribution in [0.5, 0.6) is 0 Å². The zero-order valence-corrected chi connectivity index (χ0v) is 12.9. The number of nitrogens with zero attached hydrogens (tertiary/aromatic N) is 2. The van der Waals surface area contributed by atoms with Crippen molar-refractivity contribution < 1.29 is 8.76 Å². The zero-order valence-electron chi connectivity index (χ0n) is 11.4. The first kappa shape index (κ1) is 15.0. The van der Waals surface area contributed by atoms with E-state index in [4.69, 9.17) is 11.6 Å². The summed E-state index contributed by atoms with van der Waals surface area (Å²) in [7, 11) is 0. The molecule has 0 bridgehead atoms. The molecule has 0 fully saturated rings. The molecule has 2 heterocycles. The summed E-state index contributed by atoms with van der Waals surface area (Å²) in [6.45, 7) is 0.382. The van der Waals surface area contributed by atoms with E-state index < -0.39 is 11.1 Å². The smallest absolute Gasteiger partial charge is 0.142 e. The Hall–Kier alpha value is -1.96. The van der Waals surface area contributed by atoms with E-state index in [2.05, 4.69) is 20.3 Å². The fourth-order valence-corrected chi connectivity index (χ4v) is 2.57. The Kier molecular flexibility index (Phi) is 4.37. The van der Waals surface area contributed by atoms with Gasteiger partial charge in [0.25, 0.3) is 0 Å². The minimum absolute atomic E-state index is 0.0843. The number of halogens is 1. The average molecular weight is 336 g/mol. The number of hydrogen-bond donors (Lipinski definition) is 2. The van der Waals surface area contributed by atoms with Crippen molar-refractivity contribution in [3.05, 3.63) is 41.8 Å². The zero-order chi connectivity index (χ0) is 15.5. The molecule has 0 amide bonds. The van der Waals surface area contributed by atoms with Crippen molar-refractivity contribution in [1.82, 2.24) is 15.0 Å². The largest absolute Gasteiger partial charge is 0.772 e. The van der Waals surface area contributed by atoms with Crippen LogP contribution in [0.1, 0.15) is 0 Å². The molecule has 0 saturated carbocycles. The molecule has 0 aliphatic heterocycles. The Morgan fingerprint density at radius 1 is 1.27 bits per heavy atom. The summed E-state index contributed by atoms with van der Waals surface area (Å²) < 4.78 is 21.0. The van der Waals surface area contributed by atoms with Crippen LogP contribution in [0.25, 0.3) is 22.3 Å². The van der Waals surface area contributed by atoms with Crippen molar-refractivity contribution in [3.8, 4) is 11.3 Å². The van der Waals surface area contributed by atoms with Crippen LogP contribution in [0.2, 0.25) is 5.15 Å². The molecule has 1 atom stereocenters. The molecule has 8 heteroatoms. The van der Waals surface area contributed by atoms with Gasteiger partial charge in [-0.05, 0) is 23.8 Å². The molecule has 0 radical (unpaired) electrons. The van der Waals surface area contributed by atoms with Gasteiger partial charge in [0.1, 0.15) is 17.1 Å². The second-order valence-electron chi connectivity index (χ2n) is 4.62. The number of benzene rings is 1. The van der Waals surface area contributed by atoms with Gasteiger partial charge in [0.15, 0.2) is 0 Å². The average Bonchev–Trinajstić information content (AvgIpc) is 2.93. The van der Waals surface area contributed by atoms with Gasteiger partial charge in [-0.15, -0.1) is 0 Å². The van der Waals surface area contributed by atoms with Crippen LogP contribution >= 0.6 is 11.6 Å². The molecule has 3 rings (SSSR count). The standard InChI is InChI=1S/C14H13ClN4O2S/c15-13-11-7-12(19-14(11)18-8-17-13)9-1-3-10(4-2-9)16-5-6-22(20)21/h1-4,7-8,16H,5-6H2,(H,20,21)(H,17,18,19)/p-1. The van der Waals surface area contributed by atoms with Crippen LogP contribution in [0, 0.1) is 0 Å². The van der Waals surface area contributed by atoms with Crippen LogP contribution in [-0.4, -0.2) is 36.0 Å². The summed E-state index contributed by atoms with van der Waals surface area (Å²) >= 11 is 4.01. The van der Waals surface area contributed by atoms with Crippen molar-refractivity contribution in [2.45, 2.75) is 0 Å². The molecule has 114 valence electrons. The second kappa shape index (κ2) is 6.43. The van der Waals surface area contributed by atoms with Crippen LogP contribution in [-0.2, 0) is 11.1 Å². The lowest BCUT2D eigenvalue weighted by atomic mass is 10.1. The molecule has 1 aromatic carbocycles. The third kappa shape index (κ3) is 3.27. The van der Waals surface area contributed by atoms with E-state index in [-0.39, 0.29) is 5.75 Å². The molecular formula is C14H12ClN4O2S-. The minimum Gasteiger partial charge on any atom is -0.772 e. The van der Waals surface area contributed by atoms with E-state index in [1.54, 1.807) is 0 Å². The van der Waals surface area contributed by atoms with Gasteiger partial charge < -0.3 is 14.9 Å². The fourth-order valence-electron chi connectivity index (χ4n) is 2.11. The Balaban J connectivity index is 1.79. The van der Waals surface area contributed by atoms with Gasteiger partial charge in [-0.25, -0.2) is 9.97 Å². The van der Waals surface area contributed by atoms with E-state index in [9.17, 15) is 8.76 Å². The summed E-state index contributed by atoms with van der Waals surface area (Å²) in [4.78, 5) is 11.3. The molecule has 3 aromatic rings. The summed E-state index contributed by atoms with van der Waals surface area (Å²) in [5.41, 5.74) is 3.43. The maximum atomic E-state index is 10.5. The highest BCUT2D eigenvalue weighted by atomic mass is 35.5. The van der Waals surface area contributed by atoms with Gasteiger partial charge in [-0.3, -0.25) is 4.21 Å². The fraction of sp³-hybridized carbons (Fsp3) is 0.143. The van der Waals surface area contributed by atoms with Gasteiger partial charge in [0, 0.05) is 23.7 Å². The van der Waals surface area contributed by atoms with Crippen LogP contribution in [0.4, 0.5) is 5.69 Å². The second-order valence-corrected chi connectivity index (χ2v) is 6.00. The molecule has 0 aliphatic rings. The monoisotopic (exact) mass is 335 g/mol. The molecule has 0 aliphatic carbocycles. The SMILES string of the molecule is O=S([O-])CCNc1ccc(-c2cc3c(Cl)ncnc3[nH]2)cc1. The number of nitrogens with one attached hydrogen (secondary N) is 2. The predicted octanol–water partition coefficient (Wildman–Crippen LogP) is 2.57. The Bertz CT molecular complexity index is 819. The van der Waals surface area contributed by atoms with Crippen molar-refractivity contribution in [2.24, 2.45) is 0 Å². The molecule has 0 spiro atoms. The first-order valence-corrected chi connectivity index (χ1v) is 8.15. The lowest BCUT2D eigenvalue weighted by Gasteiger charge is -2.08. The Labute approximate surface area is 134 Å². The number of hydrogen-bond acceptors (Lipinski definition) is 5. The molecule has 2 N–H and O–H groups in total. The van der Waals surface area contributed by atoms with Crippen molar-refractivity contribution >= 4 is 39.4 Å². The van der Waals surface area contributed by atoms with Gasteiger partial charge >= 0.3 is 0 Å². The maximum absolute atomic E-state index is 10.5. The number of anilines is 1. The lowest BCUT2D eigenvalue weighted by molar-refractivity contribution is 0.537. The number of H-pyrrole nitrogens is 1. The first-order chi connectivity index (χ1) is 10.6. The number of aromatic amines is 1.